The minimum absolute atomic E-state index is 0.0290. The first-order valence-electron chi connectivity index (χ1n) is 4.68. The van der Waals surface area contributed by atoms with Crippen LogP contribution in [0.5, 0.6) is 0 Å². The zero-order chi connectivity index (χ0) is 11.3. The van der Waals surface area contributed by atoms with Crippen molar-refractivity contribution in [3.8, 4) is 0 Å². The third kappa shape index (κ3) is 3.00. The number of nitrogens with two attached hydrogens (primary N) is 1. The number of benzene rings is 1. The molecule has 0 aliphatic rings. The third-order valence-electron chi connectivity index (χ3n) is 2.07. The van der Waals surface area contributed by atoms with Gasteiger partial charge < -0.3 is 5.73 Å². The lowest BCUT2D eigenvalue weighted by Crippen LogP contribution is -2.12. The van der Waals surface area contributed by atoms with Gasteiger partial charge in [-0.25, -0.2) is 8.42 Å². The molecule has 0 aliphatic carbocycles. The van der Waals surface area contributed by atoms with Crippen LogP contribution < -0.4 is 5.73 Å². The molecule has 0 fully saturated rings. The highest BCUT2D eigenvalue weighted by atomic mass is 32.2. The molecule has 0 amide bonds. The van der Waals surface area contributed by atoms with Gasteiger partial charge in [-0.15, -0.1) is 0 Å². The van der Waals surface area contributed by atoms with Gasteiger partial charge in [0.2, 0.25) is 0 Å². The summed E-state index contributed by atoms with van der Waals surface area (Å²) in [4.78, 5) is 0.223. The Balaban J connectivity index is 3.04. The molecule has 0 atom stereocenters. The summed E-state index contributed by atoms with van der Waals surface area (Å²) < 4.78 is 35.4. The molecule has 2 N–H and O–H groups in total. The van der Waals surface area contributed by atoms with Crippen LogP contribution in [-0.2, 0) is 16.4 Å². The van der Waals surface area contributed by atoms with Gasteiger partial charge in [0.25, 0.3) is 0 Å². The summed E-state index contributed by atoms with van der Waals surface area (Å²) in [7, 11) is -3.39. The van der Waals surface area contributed by atoms with Gasteiger partial charge in [0.15, 0.2) is 9.84 Å². The highest BCUT2D eigenvalue weighted by Gasteiger charge is 2.16. The summed E-state index contributed by atoms with van der Waals surface area (Å²) >= 11 is 0. The van der Waals surface area contributed by atoms with Gasteiger partial charge in [-0.05, 0) is 18.1 Å². The predicted molar refractivity (Wildman–Crippen MR) is 57.0 cm³/mol. The van der Waals surface area contributed by atoms with E-state index in [1.807, 2.05) is 0 Å². The summed E-state index contributed by atoms with van der Waals surface area (Å²) in [5.74, 6) is -0.166. The lowest BCUT2D eigenvalue weighted by Gasteiger charge is -2.07. The smallest absolute Gasteiger partial charge is 0.178 e. The monoisotopic (exact) mass is 231 g/mol. The fourth-order valence-electron chi connectivity index (χ4n) is 1.33. The molecule has 0 aliphatic heterocycles. The molecule has 0 saturated carbocycles. The summed E-state index contributed by atoms with van der Waals surface area (Å²) in [6.07, 6.45) is 0.0290. The molecule has 15 heavy (non-hydrogen) atoms. The van der Waals surface area contributed by atoms with Crippen LogP contribution in [0.1, 0.15) is 12.0 Å². The first-order valence-corrected chi connectivity index (χ1v) is 6.33. The highest BCUT2D eigenvalue weighted by Crippen LogP contribution is 2.17. The van der Waals surface area contributed by atoms with Gasteiger partial charge in [-0.3, -0.25) is 4.39 Å². The van der Waals surface area contributed by atoms with E-state index in [9.17, 15) is 12.8 Å². The molecule has 1 aromatic rings. The van der Waals surface area contributed by atoms with E-state index in [0.29, 0.717) is 5.56 Å². The van der Waals surface area contributed by atoms with E-state index < -0.39 is 16.5 Å². The van der Waals surface area contributed by atoms with Crippen molar-refractivity contribution in [2.24, 2.45) is 5.73 Å². The van der Waals surface area contributed by atoms with E-state index in [1.165, 1.54) is 6.07 Å². The van der Waals surface area contributed by atoms with Crippen molar-refractivity contribution in [2.75, 3.05) is 12.4 Å². The fourth-order valence-corrected chi connectivity index (χ4v) is 2.88. The third-order valence-corrected chi connectivity index (χ3v) is 3.97. The van der Waals surface area contributed by atoms with Crippen molar-refractivity contribution in [3.05, 3.63) is 29.8 Å². The first kappa shape index (κ1) is 12.1. The Labute approximate surface area is 89.0 Å². The fraction of sp³-hybridized carbons (Fsp3) is 0.400. The molecule has 0 bridgehead atoms. The van der Waals surface area contributed by atoms with Crippen LogP contribution in [0.4, 0.5) is 4.39 Å². The van der Waals surface area contributed by atoms with Crippen LogP contribution in [-0.4, -0.2) is 20.8 Å². The Morgan fingerprint density at radius 3 is 2.53 bits per heavy atom. The SMILES string of the molecule is NCc1ccccc1S(=O)(=O)CCCF. The molecule has 0 unspecified atom stereocenters. The van der Waals surface area contributed by atoms with Crippen molar-refractivity contribution in [3.63, 3.8) is 0 Å². The Bertz CT molecular complexity index is 417. The molecule has 5 heteroatoms. The summed E-state index contributed by atoms with van der Waals surface area (Å²) in [5, 5.41) is 0. The van der Waals surface area contributed by atoms with Crippen molar-refractivity contribution in [1.29, 1.82) is 0 Å². The van der Waals surface area contributed by atoms with Crippen LogP contribution in [0, 0.1) is 0 Å². The van der Waals surface area contributed by atoms with Gasteiger partial charge >= 0.3 is 0 Å². The average Bonchev–Trinajstić information content (AvgIpc) is 2.26. The van der Waals surface area contributed by atoms with Gasteiger partial charge in [0.1, 0.15) is 0 Å². The van der Waals surface area contributed by atoms with Crippen LogP contribution in [0.3, 0.4) is 0 Å². The van der Waals surface area contributed by atoms with Crippen LogP contribution >= 0.6 is 0 Å². The summed E-state index contributed by atoms with van der Waals surface area (Å²) in [6.45, 7) is -0.449. The number of hydrogen-bond donors (Lipinski definition) is 1. The number of alkyl halides is 1. The maximum absolute atomic E-state index is 11.9. The van der Waals surface area contributed by atoms with Crippen LogP contribution in [0.15, 0.2) is 29.2 Å². The minimum atomic E-state index is -3.39. The largest absolute Gasteiger partial charge is 0.326 e. The number of sulfone groups is 1. The highest BCUT2D eigenvalue weighted by molar-refractivity contribution is 7.91. The normalized spacial score (nSPS) is 11.6. The lowest BCUT2D eigenvalue weighted by molar-refractivity contribution is 0.484. The molecule has 1 aromatic carbocycles. The molecule has 0 heterocycles. The van der Waals surface area contributed by atoms with Crippen molar-refractivity contribution >= 4 is 9.84 Å². The second-order valence-corrected chi connectivity index (χ2v) is 5.25. The minimum Gasteiger partial charge on any atom is -0.326 e. The van der Waals surface area contributed by atoms with Gasteiger partial charge in [-0.1, -0.05) is 18.2 Å². The molecule has 1 rings (SSSR count). The molecular formula is C10H14FNO2S. The Morgan fingerprint density at radius 1 is 1.27 bits per heavy atom. The molecule has 84 valence electrons. The quantitative estimate of drug-likeness (QED) is 0.830. The maximum Gasteiger partial charge on any atom is 0.178 e. The average molecular weight is 231 g/mol. The van der Waals surface area contributed by atoms with Crippen LogP contribution in [0.2, 0.25) is 0 Å². The second-order valence-electron chi connectivity index (χ2n) is 3.17. The molecule has 0 aromatic heterocycles. The number of rotatable bonds is 5. The molecule has 0 saturated heterocycles. The van der Waals surface area contributed by atoms with Crippen LogP contribution in [0.25, 0.3) is 0 Å². The predicted octanol–water partition coefficient (Wildman–Crippen LogP) is 1.28. The van der Waals surface area contributed by atoms with E-state index in [0.717, 1.165) is 0 Å². The Kier molecular flexibility index (Phi) is 4.23. The first-order chi connectivity index (χ1) is 7.11. The summed E-state index contributed by atoms with van der Waals surface area (Å²) in [5.41, 5.74) is 6.02. The zero-order valence-electron chi connectivity index (χ0n) is 8.32. The van der Waals surface area contributed by atoms with Gasteiger partial charge in [0, 0.05) is 6.54 Å². The van der Waals surface area contributed by atoms with Crippen molar-refractivity contribution in [1.82, 2.24) is 0 Å². The van der Waals surface area contributed by atoms with E-state index >= 15 is 0 Å². The maximum atomic E-state index is 11.9. The number of halogens is 1. The topological polar surface area (TPSA) is 60.2 Å². The Morgan fingerprint density at radius 2 is 1.93 bits per heavy atom. The Hall–Kier alpha value is -0.940. The van der Waals surface area contributed by atoms with E-state index in [4.69, 9.17) is 5.73 Å². The van der Waals surface area contributed by atoms with E-state index in [2.05, 4.69) is 0 Å². The standard InChI is InChI=1S/C10H14FNO2S/c11-6-3-7-15(13,14)10-5-2-1-4-9(10)8-12/h1-2,4-5H,3,6-8,12H2. The van der Waals surface area contributed by atoms with Crippen molar-refractivity contribution < 1.29 is 12.8 Å². The molecular weight excluding hydrogens is 217 g/mol. The van der Waals surface area contributed by atoms with Crippen molar-refractivity contribution in [2.45, 2.75) is 17.9 Å². The van der Waals surface area contributed by atoms with E-state index in [-0.39, 0.29) is 23.6 Å². The lowest BCUT2D eigenvalue weighted by atomic mass is 10.2. The van der Waals surface area contributed by atoms with Gasteiger partial charge in [0.05, 0.1) is 17.3 Å². The molecule has 0 radical (unpaired) electrons. The van der Waals surface area contributed by atoms with E-state index in [1.54, 1.807) is 18.2 Å². The second kappa shape index (κ2) is 5.23. The number of hydrogen-bond acceptors (Lipinski definition) is 3. The zero-order valence-corrected chi connectivity index (χ0v) is 9.13. The molecule has 3 nitrogen and oxygen atoms in total. The summed E-state index contributed by atoms with van der Waals surface area (Å²) in [6, 6.07) is 6.55. The van der Waals surface area contributed by atoms with Gasteiger partial charge in [-0.2, -0.15) is 0 Å². The molecule has 0 spiro atoms.